The van der Waals surface area contributed by atoms with E-state index in [-0.39, 0.29) is 5.91 Å². The summed E-state index contributed by atoms with van der Waals surface area (Å²) in [6.07, 6.45) is 0. The molecule has 0 unspecified atom stereocenters. The molecule has 0 saturated carbocycles. The molecule has 1 saturated heterocycles. The third-order valence-corrected chi connectivity index (χ3v) is 4.05. The maximum Gasteiger partial charge on any atom is 0.251 e. The van der Waals surface area contributed by atoms with Crippen molar-refractivity contribution < 1.29 is 9.90 Å². The molecule has 1 aromatic rings. The number of nitrogens with one attached hydrogen (secondary N) is 1. The number of hydrogen-bond donors (Lipinski definition) is 2. The van der Waals surface area contributed by atoms with E-state index in [9.17, 15) is 9.90 Å². The number of aliphatic hydroxyl groups is 1. The lowest BCUT2D eigenvalue weighted by Gasteiger charge is -2.36. The van der Waals surface area contributed by atoms with Crippen LogP contribution in [-0.2, 0) is 4.79 Å². The van der Waals surface area contributed by atoms with Gasteiger partial charge in [0.05, 0.1) is 0 Å². The van der Waals surface area contributed by atoms with Gasteiger partial charge in [0.15, 0.2) is 0 Å². The number of amides is 1. The predicted octanol–water partition coefficient (Wildman–Crippen LogP) is 1.35. The Kier molecular flexibility index (Phi) is 5.67. The molecule has 1 heterocycles. The summed E-state index contributed by atoms with van der Waals surface area (Å²) in [6.45, 7) is 8.12. The number of carbonyl (C=O) groups excluding carboxylic acids is 1. The van der Waals surface area contributed by atoms with E-state index in [1.54, 1.807) is 0 Å². The molecule has 5 nitrogen and oxygen atoms in total. The molecule has 0 aromatic heterocycles. The summed E-state index contributed by atoms with van der Waals surface area (Å²) in [5.74, 6) is -0.329. The van der Waals surface area contributed by atoms with Crippen molar-refractivity contribution in [2.45, 2.75) is 19.4 Å². The number of benzene rings is 1. The molecule has 0 spiro atoms. The fourth-order valence-corrected chi connectivity index (χ4v) is 2.63. The monoisotopic (exact) mass is 325 g/mol. The molecule has 0 radical (unpaired) electrons. The highest BCUT2D eigenvalue weighted by molar-refractivity contribution is 6.30. The van der Waals surface area contributed by atoms with Crippen LogP contribution >= 0.6 is 11.6 Å². The van der Waals surface area contributed by atoms with Gasteiger partial charge in [-0.1, -0.05) is 17.7 Å². The second-order valence-corrected chi connectivity index (χ2v) is 6.56. The number of nitrogens with zero attached hydrogens (tertiary/aromatic N) is 2. The van der Waals surface area contributed by atoms with E-state index in [4.69, 9.17) is 11.6 Å². The average Bonchev–Trinajstić information content (AvgIpc) is 2.47. The van der Waals surface area contributed by atoms with Gasteiger partial charge in [0, 0.05) is 50.0 Å². The number of halogens is 1. The molecule has 122 valence electrons. The molecule has 1 aliphatic heterocycles. The molecule has 1 aliphatic rings. The highest BCUT2D eigenvalue weighted by Gasteiger charge is 2.23. The summed E-state index contributed by atoms with van der Waals surface area (Å²) in [7, 11) is 0. The molecule has 1 amide bonds. The summed E-state index contributed by atoms with van der Waals surface area (Å²) in [5, 5.41) is 13.1. The SMILES string of the molecule is CC(C)(O)C(=O)NCCN1CCN(c2cccc(Cl)c2)CC1. The molecule has 22 heavy (non-hydrogen) atoms. The van der Waals surface area contributed by atoms with Gasteiger partial charge in [0.25, 0.3) is 5.91 Å². The quantitative estimate of drug-likeness (QED) is 0.858. The molecule has 1 fully saturated rings. The Balaban J connectivity index is 1.73. The fraction of sp³-hybridized carbons (Fsp3) is 0.562. The van der Waals surface area contributed by atoms with Gasteiger partial charge in [0.1, 0.15) is 5.60 Å². The minimum Gasteiger partial charge on any atom is -0.381 e. The fourth-order valence-electron chi connectivity index (χ4n) is 2.45. The summed E-state index contributed by atoms with van der Waals surface area (Å²) in [6, 6.07) is 7.91. The lowest BCUT2D eigenvalue weighted by Crippen LogP contribution is -2.50. The average molecular weight is 326 g/mol. The molecule has 0 atom stereocenters. The second-order valence-electron chi connectivity index (χ2n) is 6.12. The standard InChI is InChI=1S/C16H24ClN3O2/c1-16(2,22)15(21)18-6-7-19-8-10-20(11-9-19)14-5-3-4-13(17)12-14/h3-5,12,22H,6-11H2,1-2H3,(H,18,21). The van der Waals surface area contributed by atoms with Gasteiger partial charge in [-0.05, 0) is 32.0 Å². The van der Waals surface area contributed by atoms with E-state index in [1.807, 2.05) is 18.2 Å². The summed E-state index contributed by atoms with van der Waals surface area (Å²) < 4.78 is 0. The lowest BCUT2D eigenvalue weighted by molar-refractivity contribution is -0.136. The van der Waals surface area contributed by atoms with E-state index in [0.717, 1.165) is 43.4 Å². The lowest BCUT2D eigenvalue weighted by atomic mass is 10.1. The van der Waals surface area contributed by atoms with Gasteiger partial charge in [-0.25, -0.2) is 0 Å². The topological polar surface area (TPSA) is 55.8 Å². The minimum absolute atomic E-state index is 0.329. The van der Waals surface area contributed by atoms with Crippen LogP contribution in [0.1, 0.15) is 13.8 Å². The van der Waals surface area contributed by atoms with Crippen LogP contribution in [0, 0.1) is 0 Å². The Bertz CT molecular complexity index is 508. The van der Waals surface area contributed by atoms with Crippen molar-refractivity contribution in [2.24, 2.45) is 0 Å². The molecule has 1 aromatic carbocycles. The largest absolute Gasteiger partial charge is 0.381 e. The Hall–Kier alpha value is -1.30. The molecule has 6 heteroatoms. The Labute approximate surface area is 136 Å². The first-order valence-electron chi connectivity index (χ1n) is 7.60. The van der Waals surface area contributed by atoms with Crippen molar-refractivity contribution in [3.63, 3.8) is 0 Å². The maximum atomic E-state index is 11.6. The van der Waals surface area contributed by atoms with Gasteiger partial charge in [-0.15, -0.1) is 0 Å². The molecule has 0 aliphatic carbocycles. The van der Waals surface area contributed by atoms with Crippen LogP contribution in [0.2, 0.25) is 5.02 Å². The molecule has 2 rings (SSSR count). The zero-order valence-electron chi connectivity index (χ0n) is 13.2. The van der Waals surface area contributed by atoms with Crippen LogP contribution < -0.4 is 10.2 Å². The minimum atomic E-state index is -1.31. The maximum absolute atomic E-state index is 11.6. The predicted molar refractivity (Wildman–Crippen MR) is 89.4 cm³/mol. The van der Waals surface area contributed by atoms with Gasteiger partial charge in [0.2, 0.25) is 0 Å². The highest BCUT2D eigenvalue weighted by Crippen LogP contribution is 2.20. The van der Waals surface area contributed by atoms with Crippen LogP contribution in [-0.4, -0.2) is 60.8 Å². The van der Waals surface area contributed by atoms with Crippen LogP contribution in [0.5, 0.6) is 0 Å². The molecule has 0 bridgehead atoms. The van der Waals surface area contributed by atoms with Crippen LogP contribution in [0.15, 0.2) is 24.3 Å². The highest BCUT2D eigenvalue weighted by atomic mass is 35.5. The van der Waals surface area contributed by atoms with E-state index >= 15 is 0 Å². The first-order valence-corrected chi connectivity index (χ1v) is 7.97. The van der Waals surface area contributed by atoms with Crippen LogP contribution in [0.25, 0.3) is 0 Å². The summed E-state index contributed by atoms with van der Waals surface area (Å²) in [5.41, 5.74) is -0.159. The number of anilines is 1. The van der Waals surface area contributed by atoms with Crippen molar-refractivity contribution in [1.82, 2.24) is 10.2 Å². The Morgan fingerprint density at radius 3 is 2.59 bits per heavy atom. The van der Waals surface area contributed by atoms with Crippen LogP contribution in [0.3, 0.4) is 0 Å². The van der Waals surface area contributed by atoms with E-state index in [1.165, 1.54) is 13.8 Å². The van der Waals surface area contributed by atoms with E-state index < -0.39 is 5.60 Å². The van der Waals surface area contributed by atoms with Crippen molar-refractivity contribution in [2.75, 3.05) is 44.2 Å². The summed E-state index contributed by atoms with van der Waals surface area (Å²) >= 11 is 6.03. The Morgan fingerprint density at radius 2 is 2.00 bits per heavy atom. The van der Waals surface area contributed by atoms with Crippen LogP contribution in [0.4, 0.5) is 5.69 Å². The van der Waals surface area contributed by atoms with E-state index in [0.29, 0.717) is 6.54 Å². The van der Waals surface area contributed by atoms with Crippen molar-refractivity contribution in [3.8, 4) is 0 Å². The summed E-state index contributed by atoms with van der Waals surface area (Å²) in [4.78, 5) is 16.2. The van der Waals surface area contributed by atoms with Gasteiger partial charge < -0.3 is 15.3 Å². The number of hydrogen-bond acceptors (Lipinski definition) is 4. The van der Waals surface area contributed by atoms with Crippen molar-refractivity contribution in [3.05, 3.63) is 29.3 Å². The Morgan fingerprint density at radius 1 is 1.32 bits per heavy atom. The third kappa shape index (κ3) is 4.87. The zero-order valence-corrected chi connectivity index (χ0v) is 13.9. The van der Waals surface area contributed by atoms with E-state index in [2.05, 4.69) is 21.2 Å². The number of carbonyl (C=O) groups is 1. The molecular weight excluding hydrogens is 302 g/mol. The number of piperazine rings is 1. The first-order chi connectivity index (χ1) is 10.4. The second kappa shape index (κ2) is 7.31. The molecule has 2 N–H and O–H groups in total. The first kappa shape index (κ1) is 17.1. The zero-order chi connectivity index (χ0) is 16.2. The normalized spacial score (nSPS) is 16.6. The van der Waals surface area contributed by atoms with Crippen molar-refractivity contribution in [1.29, 1.82) is 0 Å². The molecular formula is C16H24ClN3O2. The smallest absolute Gasteiger partial charge is 0.251 e. The van der Waals surface area contributed by atoms with Gasteiger partial charge >= 0.3 is 0 Å². The number of rotatable bonds is 5. The van der Waals surface area contributed by atoms with Gasteiger partial charge in [-0.3, -0.25) is 9.69 Å². The van der Waals surface area contributed by atoms with Crippen molar-refractivity contribution >= 4 is 23.2 Å². The third-order valence-electron chi connectivity index (χ3n) is 3.81. The van der Waals surface area contributed by atoms with Gasteiger partial charge in [-0.2, -0.15) is 0 Å².